The van der Waals surface area contributed by atoms with Crippen molar-refractivity contribution in [2.24, 2.45) is 0 Å². The lowest BCUT2D eigenvalue weighted by molar-refractivity contribution is 0.418. The van der Waals surface area contributed by atoms with Crippen molar-refractivity contribution >= 4 is 37.3 Å². The molecule has 1 N–H and O–H groups in total. The highest BCUT2D eigenvalue weighted by Crippen LogP contribution is 2.31. The highest BCUT2D eigenvalue weighted by molar-refractivity contribution is 9.11. The molecule has 0 amide bonds. The first-order valence-electron chi connectivity index (χ1n) is 5.48. The molecular weight excluding hydrogens is 322 g/mol. The van der Waals surface area contributed by atoms with Crippen LogP contribution in [0, 0.1) is 6.92 Å². The number of rotatable bonds is 5. The largest absolute Gasteiger partial charge is 0.250 e. The lowest BCUT2D eigenvalue weighted by atomic mass is 10.0. The summed E-state index contributed by atoms with van der Waals surface area (Å²) in [6.45, 7) is 7.74. The van der Waals surface area contributed by atoms with Crippen molar-refractivity contribution in [1.29, 1.82) is 0 Å². The van der Waals surface area contributed by atoms with Crippen molar-refractivity contribution in [3.8, 4) is 0 Å². The number of hydrogen-bond acceptors (Lipinski definition) is 3. The molecule has 6 heteroatoms. The summed E-state index contributed by atoms with van der Waals surface area (Å²) < 4.78 is 28.3. The molecule has 0 radical (unpaired) electrons. The molecule has 0 spiro atoms. The van der Waals surface area contributed by atoms with Crippen LogP contribution in [-0.4, -0.2) is 14.0 Å². The maximum atomic E-state index is 12.2. The summed E-state index contributed by atoms with van der Waals surface area (Å²) in [4.78, 5) is 0. The van der Waals surface area contributed by atoms with Crippen LogP contribution in [0.25, 0.3) is 0 Å². The minimum atomic E-state index is -3.40. The molecule has 1 rings (SSSR count). The van der Waals surface area contributed by atoms with Gasteiger partial charge in [-0.15, -0.1) is 11.3 Å². The highest BCUT2D eigenvalue weighted by Gasteiger charge is 2.26. The predicted molar refractivity (Wildman–Crippen MR) is 76.1 cm³/mol. The van der Waals surface area contributed by atoms with Gasteiger partial charge in [0.15, 0.2) is 0 Å². The standard InChI is InChI=1S/C11H18BrNO2S2/c1-5-6-11(3,4)13-17(14,15)9-7-8(2)10(12)16-9/h7,13H,5-6H2,1-4H3. The third-order valence-electron chi connectivity index (χ3n) is 2.39. The van der Waals surface area contributed by atoms with Crippen LogP contribution in [0.3, 0.4) is 0 Å². The second-order valence-corrected chi connectivity index (χ2v) is 9.04. The molecule has 1 heterocycles. The normalized spacial score (nSPS) is 13.0. The molecule has 0 atom stereocenters. The molecule has 0 aliphatic heterocycles. The summed E-state index contributed by atoms with van der Waals surface area (Å²) in [6.07, 6.45) is 1.76. The van der Waals surface area contributed by atoms with Gasteiger partial charge >= 0.3 is 0 Å². The first kappa shape index (κ1) is 15.1. The summed E-state index contributed by atoms with van der Waals surface area (Å²) in [7, 11) is -3.40. The summed E-state index contributed by atoms with van der Waals surface area (Å²) in [5, 5.41) is 0. The van der Waals surface area contributed by atoms with E-state index in [1.807, 2.05) is 27.7 Å². The molecule has 3 nitrogen and oxygen atoms in total. The van der Waals surface area contributed by atoms with Crippen molar-refractivity contribution in [2.75, 3.05) is 0 Å². The Morgan fingerprint density at radius 3 is 2.47 bits per heavy atom. The van der Waals surface area contributed by atoms with E-state index in [4.69, 9.17) is 0 Å². The third-order valence-corrected chi connectivity index (χ3v) is 6.69. The molecule has 0 aromatic carbocycles. The first-order valence-corrected chi connectivity index (χ1v) is 8.57. The lowest BCUT2D eigenvalue weighted by Crippen LogP contribution is -2.42. The maximum Gasteiger partial charge on any atom is 0.250 e. The van der Waals surface area contributed by atoms with Gasteiger partial charge in [-0.2, -0.15) is 0 Å². The molecule has 0 saturated carbocycles. The number of nitrogens with one attached hydrogen (secondary N) is 1. The Hall–Kier alpha value is 0.0900. The third kappa shape index (κ3) is 4.05. The van der Waals surface area contributed by atoms with Crippen LogP contribution in [0.5, 0.6) is 0 Å². The second-order valence-electron chi connectivity index (χ2n) is 4.76. The smallest absolute Gasteiger partial charge is 0.206 e. The van der Waals surface area contributed by atoms with Gasteiger partial charge in [-0.1, -0.05) is 13.3 Å². The van der Waals surface area contributed by atoms with Crippen LogP contribution >= 0.6 is 27.3 Å². The van der Waals surface area contributed by atoms with Crippen LogP contribution < -0.4 is 4.72 Å². The first-order chi connectivity index (χ1) is 7.68. The van der Waals surface area contributed by atoms with Crippen molar-refractivity contribution in [2.45, 2.75) is 50.3 Å². The van der Waals surface area contributed by atoms with Crippen molar-refractivity contribution in [3.63, 3.8) is 0 Å². The summed E-state index contributed by atoms with van der Waals surface area (Å²) in [6, 6.07) is 1.69. The molecular formula is C11H18BrNO2S2. The Morgan fingerprint density at radius 1 is 1.47 bits per heavy atom. The zero-order valence-corrected chi connectivity index (χ0v) is 13.7. The average molecular weight is 340 g/mol. The van der Waals surface area contributed by atoms with Crippen LogP contribution in [0.2, 0.25) is 0 Å². The minimum Gasteiger partial charge on any atom is -0.206 e. The van der Waals surface area contributed by atoms with Gasteiger partial charge in [0.25, 0.3) is 10.0 Å². The van der Waals surface area contributed by atoms with Gasteiger partial charge in [0.05, 0.1) is 3.79 Å². The predicted octanol–water partition coefficient (Wildman–Crippen LogP) is 3.68. The Labute approximate surface area is 116 Å². The molecule has 1 aromatic heterocycles. The Morgan fingerprint density at radius 2 is 2.06 bits per heavy atom. The van der Waals surface area contributed by atoms with Gasteiger partial charge < -0.3 is 0 Å². The van der Waals surface area contributed by atoms with E-state index in [1.54, 1.807) is 6.07 Å². The molecule has 0 fully saturated rings. The Balaban J connectivity index is 2.97. The zero-order valence-electron chi connectivity index (χ0n) is 10.5. The number of thiophene rings is 1. The van der Waals surface area contributed by atoms with Crippen molar-refractivity contribution in [1.82, 2.24) is 4.72 Å². The fourth-order valence-corrected chi connectivity index (χ4v) is 5.32. The zero-order chi connectivity index (χ0) is 13.3. The summed E-state index contributed by atoms with van der Waals surface area (Å²) in [5.41, 5.74) is 0.543. The fraction of sp³-hybridized carbons (Fsp3) is 0.636. The van der Waals surface area contributed by atoms with Crippen molar-refractivity contribution < 1.29 is 8.42 Å². The fourth-order valence-electron chi connectivity index (χ4n) is 1.65. The van der Waals surface area contributed by atoms with E-state index in [0.717, 1.165) is 22.2 Å². The molecule has 0 saturated heterocycles. The maximum absolute atomic E-state index is 12.2. The van der Waals surface area contributed by atoms with Crippen LogP contribution in [-0.2, 0) is 10.0 Å². The monoisotopic (exact) mass is 339 g/mol. The molecule has 17 heavy (non-hydrogen) atoms. The van der Waals surface area contributed by atoms with Gasteiger partial charge in [0, 0.05) is 5.54 Å². The molecule has 0 aliphatic rings. The highest BCUT2D eigenvalue weighted by atomic mass is 79.9. The van der Waals surface area contributed by atoms with E-state index in [9.17, 15) is 8.42 Å². The molecule has 1 aromatic rings. The summed E-state index contributed by atoms with van der Waals surface area (Å²) >= 11 is 4.59. The quantitative estimate of drug-likeness (QED) is 0.889. The molecule has 0 aliphatic carbocycles. The topological polar surface area (TPSA) is 46.2 Å². The average Bonchev–Trinajstić information content (AvgIpc) is 2.45. The molecule has 0 bridgehead atoms. The number of sulfonamides is 1. The van der Waals surface area contributed by atoms with Gasteiger partial charge in [-0.25, -0.2) is 13.1 Å². The van der Waals surface area contributed by atoms with E-state index >= 15 is 0 Å². The second kappa shape index (κ2) is 5.38. The van der Waals surface area contributed by atoms with E-state index in [0.29, 0.717) is 4.21 Å². The lowest BCUT2D eigenvalue weighted by Gasteiger charge is -2.24. The summed E-state index contributed by atoms with van der Waals surface area (Å²) in [5.74, 6) is 0. The Bertz CT molecular complexity index is 472. The SMILES string of the molecule is CCCC(C)(C)NS(=O)(=O)c1cc(C)c(Br)s1. The van der Waals surface area contributed by atoms with Gasteiger partial charge in [-0.3, -0.25) is 0 Å². The van der Waals surface area contributed by atoms with Crippen LogP contribution in [0.15, 0.2) is 14.1 Å². The van der Waals surface area contributed by atoms with E-state index in [1.165, 1.54) is 11.3 Å². The number of hydrogen-bond donors (Lipinski definition) is 1. The van der Waals surface area contributed by atoms with E-state index in [2.05, 4.69) is 20.7 Å². The van der Waals surface area contributed by atoms with Gasteiger partial charge in [0.1, 0.15) is 4.21 Å². The van der Waals surface area contributed by atoms with E-state index < -0.39 is 15.6 Å². The number of aryl methyl sites for hydroxylation is 1. The van der Waals surface area contributed by atoms with Gasteiger partial charge in [-0.05, 0) is 54.8 Å². The molecule has 98 valence electrons. The molecule has 0 unspecified atom stereocenters. The van der Waals surface area contributed by atoms with Crippen molar-refractivity contribution in [3.05, 3.63) is 15.4 Å². The van der Waals surface area contributed by atoms with Crippen LogP contribution in [0.1, 0.15) is 39.2 Å². The minimum absolute atomic E-state index is 0.367. The van der Waals surface area contributed by atoms with E-state index in [-0.39, 0.29) is 0 Å². The van der Waals surface area contributed by atoms with Crippen LogP contribution in [0.4, 0.5) is 0 Å². The number of halogens is 1. The Kier molecular flexibility index (Phi) is 4.80. The van der Waals surface area contributed by atoms with Gasteiger partial charge in [0.2, 0.25) is 0 Å².